The number of benzene rings is 1. The molecule has 7 heteroatoms. The van der Waals surface area contributed by atoms with E-state index in [0.717, 1.165) is 24.3 Å². The number of rotatable bonds is 6. The van der Waals surface area contributed by atoms with E-state index in [1.165, 1.54) is 24.9 Å². The lowest BCUT2D eigenvalue weighted by Crippen LogP contribution is -2.29. The van der Waals surface area contributed by atoms with E-state index in [4.69, 9.17) is 0 Å². The molecule has 0 unspecified atom stereocenters. The molecule has 0 aliphatic carbocycles. The molecule has 148 valence electrons. The van der Waals surface area contributed by atoms with Gasteiger partial charge in [0.25, 0.3) is 5.91 Å². The first-order valence-electron chi connectivity index (χ1n) is 9.91. The van der Waals surface area contributed by atoms with Crippen LogP contribution in [-0.4, -0.2) is 34.2 Å². The van der Waals surface area contributed by atoms with E-state index in [9.17, 15) is 4.79 Å². The van der Waals surface area contributed by atoms with Gasteiger partial charge < -0.3 is 15.5 Å². The molecule has 0 spiro atoms. The van der Waals surface area contributed by atoms with Crippen LogP contribution in [0, 0.1) is 0 Å². The van der Waals surface area contributed by atoms with E-state index in [1.807, 2.05) is 24.3 Å². The second-order valence-corrected chi connectivity index (χ2v) is 7.06. The second-order valence-electron chi connectivity index (χ2n) is 7.06. The number of nitrogens with zero attached hydrogens (tertiary/aromatic N) is 4. The number of carbonyl (C=O) groups excluding carboxylic acids is 1. The zero-order chi connectivity index (χ0) is 19.9. The van der Waals surface area contributed by atoms with Crippen LogP contribution in [-0.2, 0) is 6.54 Å². The molecule has 1 aliphatic heterocycles. The number of carbonyl (C=O) groups is 1. The van der Waals surface area contributed by atoms with E-state index < -0.39 is 0 Å². The zero-order valence-electron chi connectivity index (χ0n) is 16.2. The number of nitrogens with one attached hydrogen (secondary N) is 2. The fraction of sp³-hybridized carbons (Fsp3) is 0.273. The number of pyridine rings is 1. The summed E-state index contributed by atoms with van der Waals surface area (Å²) in [6.07, 6.45) is 7.24. The summed E-state index contributed by atoms with van der Waals surface area (Å²) in [5.74, 6) is 0.341. The first-order chi connectivity index (χ1) is 14.3. The highest BCUT2D eigenvalue weighted by Crippen LogP contribution is 2.23. The highest BCUT2D eigenvalue weighted by molar-refractivity contribution is 5.92. The van der Waals surface area contributed by atoms with Gasteiger partial charge >= 0.3 is 0 Å². The minimum Gasteiger partial charge on any atom is -0.372 e. The van der Waals surface area contributed by atoms with Crippen LogP contribution in [0.15, 0.2) is 60.9 Å². The third-order valence-electron chi connectivity index (χ3n) is 4.96. The van der Waals surface area contributed by atoms with E-state index in [2.05, 4.69) is 42.8 Å². The van der Waals surface area contributed by atoms with Crippen LogP contribution in [0.4, 0.5) is 17.2 Å². The molecule has 1 fully saturated rings. The summed E-state index contributed by atoms with van der Waals surface area (Å²) in [5.41, 5.74) is 3.45. The van der Waals surface area contributed by atoms with Gasteiger partial charge in [-0.1, -0.05) is 0 Å². The summed E-state index contributed by atoms with van der Waals surface area (Å²) < 4.78 is 0. The standard InChI is InChI=1S/C22H24N6O/c29-22(24-16-17-10-12-23-13-11-17)20-8-9-21(27-26-20)25-18-4-6-19(7-5-18)28-14-2-1-3-15-28/h4-13H,1-3,14-16H2,(H,24,29)(H,25,27). The summed E-state index contributed by atoms with van der Waals surface area (Å²) in [6.45, 7) is 2.68. The van der Waals surface area contributed by atoms with Crippen molar-refractivity contribution in [3.63, 3.8) is 0 Å². The average molecular weight is 388 g/mol. The number of aromatic nitrogens is 3. The Labute approximate surface area is 170 Å². The Morgan fingerprint density at radius 2 is 1.66 bits per heavy atom. The minimum absolute atomic E-state index is 0.258. The van der Waals surface area contributed by atoms with Gasteiger partial charge in [0.05, 0.1) is 0 Å². The predicted molar refractivity (Wildman–Crippen MR) is 113 cm³/mol. The monoisotopic (exact) mass is 388 g/mol. The Bertz CT molecular complexity index is 922. The van der Waals surface area contributed by atoms with E-state index in [1.54, 1.807) is 24.5 Å². The van der Waals surface area contributed by atoms with E-state index >= 15 is 0 Å². The van der Waals surface area contributed by atoms with Crippen molar-refractivity contribution in [3.8, 4) is 0 Å². The van der Waals surface area contributed by atoms with Crippen molar-refractivity contribution in [1.29, 1.82) is 0 Å². The van der Waals surface area contributed by atoms with Gasteiger partial charge in [0, 0.05) is 43.4 Å². The molecule has 1 aliphatic rings. The maximum absolute atomic E-state index is 12.2. The van der Waals surface area contributed by atoms with Crippen molar-refractivity contribution >= 4 is 23.1 Å². The summed E-state index contributed by atoms with van der Waals surface area (Å²) in [7, 11) is 0. The van der Waals surface area contributed by atoms with Crippen LogP contribution in [0.5, 0.6) is 0 Å². The molecule has 4 rings (SSSR count). The molecular formula is C22H24N6O. The Kier molecular flexibility index (Phi) is 5.95. The van der Waals surface area contributed by atoms with Crippen molar-refractivity contribution in [1.82, 2.24) is 20.5 Å². The lowest BCUT2D eigenvalue weighted by atomic mass is 10.1. The Hall–Kier alpha value is -3.48. The minimum atomic E-state index is -0.258. The molecule has 7 nitrogen and oxygen atoms in total. The van der Waals surface area contributed by atoms with Crippen molar-refractivity contribution in [2.75, 3.05) is 23.3 Å². The topological polar surface area (TPSA) is 83.0 Å². The van der Waals surface area contributed by atoms with Gasteiger partial charge in [-0.15, -0.1) is 10.2 Å². The second kappa shape index (κ2) is 9.14. The van der Waals surface area contributed by atoms with Gasteiger partial charge in [0.1, 0.15) is 0 Å². The predicted octanol–water partition coefficient (Wildman–Crippen LogP) is 3.54. The fourth-order valence-electron chi connectivity index (χ4n) is 3.35. The molecule has 29 heavy (non-hydrogen) atoms. The van der Waals surface area contributed by atoms with Gasteiger partial charge in [0.2, 0.25) is 0 Å². The van der Waals surface area contributed by atoms with Gasteiger partial charge in [-0.2, -0.15) is 0 Å². The quantitative estimate of drug-likeness (QED) is 0.672. The number of hydrogen-bond acceptors (Lipinski definition) is 6. The molecule has 0 bridgehead atoms. The van der Waals surface area contributed by atoms with E-state index in [0.29, 0.717) is 12.4 Å². The number of anilines is 3. The molecule has 1 saturated heterocycles. The largest absolute Gasteiger partial charge is 0.372 e. The van der Waals surface area contributed by atoms with Gasteiger partial charge in [-0.05, 0) is 73.4 Å². The molecule has 3 heterocycles. The maximum atomic E-state index is 12.2. The molecule has 2 aromatic heterocycles. The normalized spacial score (nSPS) is 13.7. The van der Waals surface area contributed by atoms with Crippen LogP contribution >= 0.6 is 0 Å². The lowest BCUT2D eigenvalue weighted by molar-refractivity contribution is 0.0945. The maximum Gasteiger partial charge on any atom is 0.272 e. The van der Waals surface area contributed by atoms with Crippen LogP contribution in [0.25, 0.3) is 0 Å². The van der Waals surface area contributed by atoms with Crippen LogP contribution in [0.3, 0.4) is 0 Å². The summed E-state index contributed by atoms with van der Waals surface area (Å²) in [4.78, 5) is 18.6. The molecule has 1 amide bonds. The van der Waals surface area contributed by atoms with Crippen molar-refractivity contribution in [2.24, 2.45) is 0 Å². The Balaban J connectivity index is 1.32. The molecule has 2 N–H and O–H groups in total. The zero-order valence-corrected chi connectivity index (χ0v) is 16.2. The highest BCUT2D eigenvalue weighted by atomic mass is 16.1. The highest BCUT2D eigenvalue weighted by Gasteiger charge is 2.11. The first-order valence-corrected chi connectivity index (χ1v) is 9.91. The molecule has 0 saturated carbocycles. The van der Waals surface area contributed by atoms with Crippen molar-refractivity contribution in [2.45, 2.75) is 25.8 Å². The molecule has 0 atom stereocenters. The van der Waals surface area contributed by atoms with Crippen LogP contribution in [0.1, 0.15) is 35.3 Å². The van der Waals surface area contributed by atoms with Gasteiger partial charge in [-0.25, -0.2) is 0 Å². The Morgan fingerprint density at radius 1 is 0.897 bits per heavy atom. The fourth-order valence-corrected chi connectivity index (χ4v) is 3.35. The summed E-state index contributed by atoms with van der Waals surface area (Å²) in [5, 5.41) is 14.2. The molecule has 0 radical (unpaired) electrons. The third-order valence-corrected chi connectivity index (χ3v) is 4.96. The number of amides is 1. The summed E-state index contributed by atoms with van der Waals surface area (Å²) in [6, 6.07) is 15.5. The number of piperidine rings is 1. The third kappa shape index (κ3) is 5.07. The van der Waals surface area contributed by atoms with Crippen LogP contribution in [0.2, 0.25) is 0 Å². The van der Waals surface area contributed by atoms with Crippen molar-refractivity contribution in [3.05, 3.63) is 72.2 Å². The molecule has 1 aromatic carbocycles. The molecule has 3 aromatic rings. The van der Waals surface area contributed by atoms with Gasteiger partial charge in [0.15, 0.2) is 11.5 Å². The van der Waals surface area contributed by atoms with E-state index in [-0.39, 0.29) is 11.6 Å². The average Bonchev–Trinajstić information content (AvgIpc) is 2.80. The summed E-state index contributed by atoms with van der Waals surface area (Å²) >= 11 is 0. The Morgan fingerprint density at radius 3 is 2.34 bits per heavy atom. The smallest absolute Gasteiger partial charge is 0.272 e. The lowest BCUT2D eigenvalue weighted by Gasteiger charge is -2.28. The molecular weight excluding hydrogens is 364 g/mol. The number of hydrogen-bond donors (Lipinski definition) is 2. The first kappa shape index (κ1) is 18.9. The van der Waals surface area contributed by atoms with Gasteiger partial charge in [-0.3, -0.25) is 9.78 Å². The van der Waals surface area contributed by atoms with Crippen molar-refractivity contribution < 1.29 is 4.79 Å². The SMILES string of the molecule is O=C(NCc1ccncc1)c1ccc(Nc2ccc(N3CCCCC3)cc2)nn1. The van der Waals surface area contributed by atoms with Crippen LogP contribution < -0.4 is 15.5 Å².